The van der Waals surface area contributed by atoms with Gasteiger partial charge in [0, 0.05) is 12.0 Å². The number of sulfone groups is 1. The summed E-state index contributed by atoms with van der Waals surface area (Å²) in [6, 6.07) is 20.7. The van der Waals surface area contributed by atoms with E-state index in [0.717, 1.165) is 22.5 Å². The molecule has 0 spiro atoms. The fourth-order valence-electron chi connectivity index (χ4n) is 3.80. The van der Waals surface area contributed by atoms with Crippen molar-refractivity contribution in [2.75, 3.05) is 0 Å². The Hall–Kier alpha value is -3.18. The largest absolute Gasteiger partial charge is 0.294 e. The molecular weight excluding hydrogens is 368 g/mol. The average Bonchev–Trinajstić information content (AvgIpc) is 3.12. The van der Waals surface area contributed by atoms with Crippen LogP contribution in [0.3, 0.4) is 0 Å². The number of nitrogens with zero attached hydrogens (tertiary/aromatic N) is 2. The van der Waals surface area contributed by atoms with Crippen molar-refractivity contribution in [3.05, 3.63) is 83.7 Å². The standard InChI is InChI=1S/C23H18N2O2S/c1-2-21-24-22-17(13-12-16-8-4-3-5-9-16)14-15-20-23(22)25(21)18-10-6-7-11-19(18)28(20,26)27/h3-15H,2H2,1H3/b13-12+. The van der Waals surface area contributed by atoms with Crippen molar-refractivity contribution in [2.24, 2.45) is 0 Å². The minimum Gasteiger partial charge on any atom is -0.294 e. The molecule has 1 aromatic heterocycles. The zero-order valence-electron chi connectivity index (χ0n) is 15.3. The van der Waals surface area contributed by atoms with E-state index in [2.05, 4.69) is 0 Å². The first-order valence-corrected chi connectivity index (χ1v) is 10.7. The number of para-hydroxylation sites is 1. The van der Waals surface area contributed by atoms with Crippen molar-refractivity contribution in [3.8, 4) is 5.69 Å². The second-order valence-corrected chi connectivity index (χ2v) is 8.67. The quantitative estimate of drug-likeness (QED) is 0.414. The summed E-state index contributed by atoms with van der Waals surface area (Å²) >= 11 is 0. The lowest BCUT2D eigenvalue weighted by Gasteiger charge is -2.20. The van der Waals surface area contributed by atoms with Gasteiger partial charge in [-0.05, 0) is 23.8 Å². The molecule has 28 heavy (non-hydrogen) atoms. The van der Waals surface area contributed by atoms with Gasteiger partial charge in [0.05, 0.1) is 26.5 Å². The number of aromatic nitrogens is 2. The number of imidazole rings is 1. The lowest BCUT2D eigenvalue weighted by atomic mass is 10.1. The van der Waals surface area contributed by atoms with E-state index in [1.807, 2.05) is 72.2 Å². The third-order valence-corrected chi connectivity index (χ3v) is 6.96. The van der Waals surface area contributed by atoms with Crippen LogP contribution in [0, 0.1) is 0 Å². The number of rotatable bonds is 3. The molecule has 138 valence electrons. The molecule has 5 heteroatoms. The molecule has 1 aliphatic rings. The molecule has 0 saturated carbocycles. The van der Waals surface area contributed by atoms with Crippen LogP contribution in [-0.4, -0.2) is 18.0 Å². The maximum atomic E-state index is 13.2. The maximum Gasteiger partial charge on any atom is 0.210 e. The first-order valence-electron chi connectivity index (χ1n) is 9.23. The molecule has 1 aliphatic heterocycles. The van der Waals surface area contributed by atoms with Gasteiger partial charge in [-0.15, -0.1) is 0 Å². The van der Waals surface area contributed by atoms with Gasteiger partial charge in [0.15, 0.2) is 0 Å². The van der Waals surface area contributed by atoms with Crippen molar-refractivity contribution in [3.63, 3.8) is 0 Å². The molecule has 0 radical (unpaired) electrons. The highest BCUT2D eigenvalue weighted by Gasteiger charge is 2.33. The Kier molecular flexibility index (Phi) is 3.74. The Morgan fingerprint density at radius 2 is 1.64 bits per heavy atom. The molecule has 0 fully saturated rings. The highest BCUT2D eigenvalue weighted by Crippen LogP contribution is 2.40. The Bertz CT molecular complexity index is 1350. The molecule has 3 aromatic carbocycles. The third kappa shape index (κ3) is 2.36. The lowest BCUT2D eigenvalue weighted by Crippen LogP contribution is -2.15. The molecule has 0 aliphatic carbocycles. The highest BCUT2D eigenvalue weighted by atomic mass is 32.2. The van der Waals surface area contributed by atoms with Crippen molar-refractivity contribution >= 4 is 33.0 Å². The van der Waals surface area contributed by atoms with Crippen LogP contribution < -0.4 is 0 Å². The average molecular weight is 386 g/mol. The van der Waals surface area contributed by atoms with Crippen LogP contribution in [0.25, 0.3) is 28.9 Å². The summed E-state index contributed by atoms with van der Waals surface area (Å²) < 4.78 is 28.4. The molecule has 0 N–H and O–H groups in total. The molecule has 0 amide bonds. The molecule has 0 saturated heterocycles. The van der Waals surface area contributed by atoms with Crippen molar-refractivity contribution in [1.82, 2.24) is 9.55 Å². The fourth-order valence-corrected chi connectivity index (χ4v) is 5.42. The van der Waals surface area contributed by atoms with E-state index in [9.17, 15) is 8.42 Å². The summed E-state index contributed by atoms with van der Waals surface area (Å²) in [6.07, 6.45) is 4.73. The van der Waals surface area contributed by atoms with Gasteiger partial charge < -0.3 is 0 Å². The molecule has 5 rings (SSSR count). The highest BCUT2D eigenvalue weighted by molar-refractivity contribution is 7.92. The molecule has 2 heterocycles. The van der Waals surface area contributed by atoms with Crippen LogP contribution in [0.4, 0.5) is 0 Å². The zero-order valence-corrected chi connectivity index (χ0v) is 16.1. The van der Waals surface area contributed by atoms with Crippen LogP contribution in [0.15, 0.2) is 76.5 Å². The van der Waals surface area contributed by atoms with E-state index in [4.69, 9.17) is 4.98 Å². The zero-order chi connectivity index (χ0) is 19.3. The summed E-state index contributed by atoms with van der Waals surface area (Å²) in [7, 11) is -3.57. The first kappa shape index (κ1) is 17.0. The second kappa shape index (κ2) is 6.17. The lowest BCUT2D eigenvalue weighted by molar-refractivity contribution is 0.594. The van der Waals surface area contributed by atoms with Crippen LogP contribution in [0.2, 0.25) is 0 Å². The topological polar surface area (TPSA) is 52.0 Å². The predicted molar refractivity (Wildman–Crippen MR) is 111 cm³/mol. The Balaban J connectivity index is 1.82. The third-order valence-electron chi connectivity index (χ3n) is 5.12. The Morgan fingerprint density at radius 1 is 0.893 bits per heavy atom. The van der Waals surface area contributed by atoms with E-state index < -0.39 is 9.84 Å². The minimum atomic E-state index is -3.57. The maximum absolute atomic E-state index is 13.2. The molecular formula is C23H18N2O2S. The number of hydrogen-bond donors (Lipinski definition) is 0. The van der Waals surface area contributed by atoms with Gasteiger partial charge in [-0.2, -0.15) is 0 Å². The number of fused-ring (bicyclic) bond motifs is 2. The summed E-state index contributed by atoms with van der Waals surface area (Å²) in [5, 5.41) is 0. The monoisotopic (exact) mass is 386 g/mol. The van der Waals surface area contributed by atoms with Crippen molar-refractivity contribution < 1.29 is 8.42 Å². The van der Waals surface area contributed by atoms with E-state index in [1.165, 1.54) is 0 Å². The Morgan fingerprint density at radius 3 is 2.43 bits per heavy atom. The van der Waals surface area contributed by atoms with Crippen molar-refractivity contribution in [1.29, 1.82) is 0 Å². The summed E-state index contributed by atoms with van der Waals surface area (Å²) in [6.45, 7) is 2.04. The molecule has 0 atom stereocenters. The van der Waals surface area contributed by atoms with Crippen LogP contribution in [-0.2, 0) is 16.3 Å². The Labute approximate surface area is 163 Å². The molecule has 0 unspecified atom stereocenters. The van der Waals surface area contributed by atoms with Crippen LogP contribution >= 0.6 is 0 Å². The molecule has 4 aromatic rings. The van der Waals surface area contributed by atoms with Gasteiger partial charge >= 0.3 is 0 Å². The van der Waals surface area contributed by atoms with E-state index in [1.54, 1.807) is 18.2 Å². The van der Waals surface area contributed by atoms with E-state index in [0.29, 0.717) is 27.4 Å². The molecule has 0 bridgehead atoms. The number of aryl methyl sites for hydroxylation is 1. The van der Waals surface area contributed by atoms with Gasteiger partial charge in [0.1, 0.15) is 5.82 Å². The smallest absolute Gasteiger partial charge is 0.210 e. The number of benzene rings is 3. The van der Waals surface area contributed by atoms with Gasteiger partial charge in [0.25, 0.3) is 0 Å². The molecule has 4 nitrogen and oxygen atoms in total. The summed E-state index contributed by atoms with van der Waals surface area (Å²) in [4.78, 5) is 5.49. The van der Waals surface area contributed by atoms with Gasteiger partial charge in [-0.1, -0.05) is 67.6 Å². The first-order chi connectivity index (χ1) is 13.6. The van der Waals surface area contributed by atoms with Crippen LogP contribution in [0.1, 0.15) is 23.9 Å². The number of hydrogen-bond acceptors (Lipinski definition) is 3. The van der Waals surface area contributed by atoms with Gasteiger partial charge in [-0.3, -0.25) is 4.57 Å². The SMILES string of the molecule is CCc1nc2c(/C=C/c3ccccc3)ccc3c2n1-c1ccccc1S3(=O)=O. The second-order valence-electron chi connectivity index (χ2n) is 6.78. The van der Waals surface area contributed by atoms with Crippen LogP contribution in [0.5, 0.6) is 0 Å². The fraction of sp³-hybridized carbons (Fsp3) is 0.0870. The van der Waals surface area contributed by atoms with Crippen molar-refractivity contribution in [2.45, 2.75) is 23.1 Å². The predicted octanol–water partition coefficient (Wildman–Crippen LogP) is 4.90. The summed E-state index contributed by atoms with van der Waals surface area (Å²) in [5.74, 6) is 0.860. The van der Waals surface area contributed by atoms with Gasteiger partial charge in [-0.25, -0.2) is 13.4 Å². The van der Waals surface area contributed by atoms with E-state index in [-0.39, 0.29) is 0 Å². The van der Waals surface area contributed by atoms with E-state index >= 15 is 0 Å². The minimum absolute atomic E-state index is 0.324. The summed E-state index contributed by atoms with van der Waals surface area (Å²) in [5.41, 5.74) is 4.06. The van der Waals surface area contributed by atoms with Gasteiger partial charge in [0.2, 0.25) is 9.84 Å². The normalized spacial score (nSPS) is 14.5.